The third-order valence-corrected chi connectivity index (χ3v) is 2.53. The van der Waals surface area contributed by atoms with E-state index in [9.17, 15) is 0 Å². The summed E-state index contributed by atoms with van der Waals surface area (Å²) >= 11 is 0. The summed E-state index contributed by atoms with van der Waals surface area (Å²) in [6.07, 6.45) is 7.33. The van der Waals surface area contributed by atoms with Crippen LogP contribution in [0.2, 0.25) is 0 Å². The minimum absolute atomic E-state index is 0. The van der Waals surface area contributed by atoms with E-state index in [1.54, 1.807) is 0 Å². The molecule has 0 aromatic rings. The average molecular weight is 898 g/mol. The van der Waals surface area contributed by atoms with Gasteiger partial charge in [-0.2, -0.15) is 52.4 Å². The van der Waals surface area contributed by atoms with E-state index in [4.69, 9.17) is 0 Å². The van der Waals surface area contributed by atoms with Crippen LogP contribution in [-0.2, 0) is 101 Å². The van der Waals surface area contributed by atoms with Crippen molar-refractivity contribution in [3.63, 3.8) is 0 Å². The molecule has 0 amide bonds. The van der Waals surface area contributed by atoms with E-state index < -0.39 is 0 Å². The Morgan fingerprint density at radius 2 is 0.304 bits per heavy atom. The van der Waals surface area contributed by atoms with Crippen LogP contribution in [0.3, 0.4) is 0 Å². The minimum atomic E-state index is 0. The molecule has 0 aliphatic heterocycles. The first-order valence-corrected chi connectivity index (χ1v) is 10.5. The van der Waals surface area contributed by atoms with Crippen LogP contribution < -0.4 is 0 Å². The van der Waals surface area contributed by atoms with Gasteiger partial charge in [0.1, 0.15) is 0 Å². The van der Waals surface area contributed by atoms with Gasteiger partial charge in [-0.3, -0.25) is 0 Å². The molecule has 0 saturated heterocycles. The summed E-state index contributed by atoms with van der Waals surface area (Å²) < 4.78 is 0. The van der Waals surface area contributed by atoms with Gasteiger partial charge in [0, 0.05) is 101 Å². The molecule has 311 valence electrons. The van der Waals surface area contributed by atoms with Gasteiger partial charge < -0.3 is 166 Å². The largest absolute Gasteiger partial charge is 0.666 e. The summed E-state index contributed by atoms with van der Waals surface area (Å²) in [5.41, 5.74) is 0. The van der Waals surface area contributed by atoms with Crippen LogP contribution in [0.15, 0.2) is 0 Å². The van der Waals surface area contributed by atoms with Gasteiger partial charge in [0.15, 0.2) is 0 Å². The van der Waals surface area contributed by atoms with Crippen LogP contribution >= 0.6 is 0 Å². The SMILES string of the molecule is C.[CH2-]CC[N-]CC[CH2-].[CH2-]CC[N-]CC[CH2-].[CH2-]CC[N-]CC[CH2-].[CH2-]CC[N-]CC[CH2-].[CH3-].[CH3-].[CH3-].[CH3-].[CH3-].[CH3-].[CH3-].[CH3-].[CH3-].[CH3-].[CH3-].[CH3-].[Mn].[Mn].[Mn].[Mn].[Y]. The second-order valence-corrected chi connectivity index (χ2v) is 5.51. The third kappa shape index (κ3) is 275. The van der Waals surface area contributed by atoms with Gasteiger partial charge in [0.25, 0.3) is 0 Å². The van der Waals surface area contributed by atoms with Crippen molar-refractivity contribution in [3.05, 3.63) is 166 Å². The predicted molar refractivity (Wildman–Crippen MR) is 216 cm³/mol. The van der Waals surface area contributed by atoms with Crippen LogP contribution in [0.25, 0.3) is 21.3 Å². The first-order chi connectivity index (χ1) is 13.7. The van der Waals surface area contributed by atoms with E-state index >= 15 is 0 Å². The molecule has 0 aromatic heterocycles. The first-order valence-electron chi connectivity index (χ1n) is 10.5. The molecule has 0 aliphatic carbocycles. The summed E-state index contributed by atoms with van der Waals surface area (Å²) in [6.45, 7) is 36.3. The quantitative estimate of drug-likeness (QED) is 0.0842. The summed E-state index contributed by atoms with van der Waals surface area (Å²) in [5, 5.41) is 16.3. The Hall–Kier alpha value is 3.02. The van der Waals surface area contributed by atoms with Crippen LogP contribution in [0.4, 0.5) is 0 Å². The topological polar surface area (TPSA) is 56.4 Å². The van der Waals surface area contributed by atoms with Crippen molar-refractivity contribution >= 4 is 0 Å². The molecule has 0 aliphatic rings. The molecule has 0 bridgehead atoms. The van der Waals surface area contributed by atoms with Crippen LogP contribution in [0.5, 0.6) is 0 Å². The second kappa shape index (κ2) is 200. The van der Waals surface area contributed by atoms with Crippen LogP contribution in [0, 0.1) is 145 Å². The van der Waals surface area contributed by atoms with E-state index in [0.29, 0.717) is 0 Å². The minimum Gasteiger partial charge on any atom is -0.666 e. The molecule has 46 heavy (non-hydrogen) atoms. The maximum Gasteiger partial charge on any atom is 0 e. The van der Waals surface area contributed by atoms with E-state index in [1.165, 1.54) is 0 Å². The molecule has 0 unspecified atom stereocenters. The zero-order chi connectivity index (χ0) is 22.1. The van der Waals surface area contributed by atoms with E-state index in [2.05, 4.69) is 76.7 Å². The summed E-state index contributed by atoms with van der Waals surface area (Å²) in [7, 11) is 0. The first kappa shape index (κ1) is 155. The Kier molecular flexibility index (Phi) is 674. The van der Waals surface area contributed by atoms with E-state index in [0.717, 1.165) is 104 Å². The molecule has 0 atom stereocenters. The Labute approximate surface area is 374 Å². The molecule has 0 fully saturated rings. The molecular formula is C37H88Mn4N4Y-24. The summed E-state index contributed by atoms with van der Waals surface area (Å²) in [5.74, 6) is 0. The predicted octanol–water partition coefficient (Wildman–Crippen LogP) is 13.3. The average Bonchev–Trinajstić information content (AvgIpc) is 2.71. The number of nitrogens with zero attached hydrogens (tertiary/aromatic N) is 4. The van der Waals surface area contributed by atoms with Crippen molar-refractivity contribution in [1.82, 2.24) is 0 Å². The number of rotatable bonds is 16. The molecule has 9 heteroatoms. The molecule has 5 radical (unpaired) electrons. The second-order valence-electron chi connectivity index (χ2n) is 5.51. The third-order valence-electron chi connectivity index (χ3n) is 2.53. The van der Waals surface area contributed by atoms with Crippen molar-refractivity contribution in [3.8, 4) is 0 Å². The fraction of sp³-hybridized carbons (Fsp3) is 0.459. The molecule has 4 nitrogen and oxygen atoms in total. The van der Waals surface area contributed by atoms with Crippen LogP contribution in [-0.4, -0.2) is 52.4 Å². The molecule has 0 aromatic carbocycles. The molecular weight excluding hydrogens is 809 g/mol. The van der Waals surface area contributed by atoms with Crippen molar-refractivity contribution < 1.29 is 101 Å². The monoisotopic (exact) mass is 897 g/mol. The zero-order valence-corrected chi connectivity index (χ0v) is 40.4. The molecule has 0 saturated carbocycles. The maximum absolute atomic E-state index is 4.08. The smallest absolute Gasteiger partial charge is 0 e. The Morgan fingerprint density at radius 3 is 0.348 bits per heavy atom. The van der Waals surface area contributed by atoms with Crippen molar-refractivity contribution in [2.45, 2.75) is 58.8 Å². The molecule has 0 spiro atoms. The van der Waals surface area contributed by atoms with Crippen LogP contribution in [0.1, 0.15) is 58.8 Å². The van der Waals surface area contributed by atoms with Gasteiger partial charge in [0.2, 0.25) is 0 Å². The standard InChI is InChI=1S/4C6H12N.CH4.12CH3.4Mn.Y/c4*1-3-5-7-6-4-2;;;;;;;;;;;;;;;;;;/h4*1-6H2;1H4;12*1H3;;;;;/q4*-3;;12*-1;;;;;. The Bertz CT molecular complexity index is 162. The summed E-state index contributed by atoms with van der Waals surface area (Å²) in [4.78, 5) is 0. The molecule has 0 N–H and O–H groups in total. The van der Waals surface area contributed by atoms with Gasteiger partial charge in [-0.1, -0.05) is 7.43 Å². The fourth-order valence-corrected chi connectivity index (χ4v) is 1.34. The van der Waals surface area contributed by atoms with Gasteiger partial charge in [-0.15, -0.1) is 0 Å². The Morgan fingerprint density at radius 1 is 0.239 bits per heavy atom. The van der Waals surface area contributed by atoms with Gasteiger partial charge in [-0.25, -0.2) is 51.4 Å². The van der Waals surface area contributed by atoms with E-state index in [-0.39, 0.29) is 198 Å². The van der Waals surface area contributed by atoms with Crippen molar-refractivity contribution in [1.29, 1.82) is 0 Å². The van der Waals surface area contributed by atoms with Crippen molar-refractivity contribution in [2.75, 3.05) is 52.4 Å². The number of hydrogen-bond acceptors (Lipinski definition) is 0. The Balaban J connectivity index is -0.00000000738. The fourth-order valence-electron chi connectivity index (χ4n) is 1.34. The maximum atomic E-state index is 4.08. The van der Waals surface area contributed by atoms with Gasteiger partial charge in [0.05, 0.1) is 0 Å². The van der Waals surface area contributed by atoms with Crippen molar-refractivity contribution in [2.24, 2.45) is 0 Å². The zero-order valence-electron chi connectivity index (χ0n) is 32.8. The molecule has 0 heterocycles. The van der Waals surface area contributed by atoms with E-state index in [1.807, 2.05) is 0 Å². The van der Waals surface area contributed by atoms with Gasteiger partial charge in [-0.05, 0) is 0 Å². The normalized spacial score (nSPS) is 5.74. The summed E-state index contributed by atoms with van der Waals surface area (Å²) in [6, 6.07) is 0. The van der Waals surface area contributed by atoms with Gasteiger partial charge >= 0.3 is 0 Å². The number of hydrogen-bond donors (Lipinski definition) is 0. The molecule has 0 rings (SSSR count).